The second-order valence-corrected chi connectivity index (χ2v) is 9.14. The van der Waals surface area contributed by atoms with Gasteiger partial charge in [-0.05, 0) is 49.6 Å². The van der Waals surface area contributed by atoms with Gasteiger partial charge in [-0.2, -0.15) is 0 Å². The number of thiophene rings is 1. The molecule has 5 aromatic rings. The molecule has 4 aromatic heterocycles. The Morgan fingerprint density at radius 2 is 1.76 bits per heavy atom. The van der Waals surface area contributed by atoms with E-state index in [1.807, 2.05) is 30.3 Å². The number of nitrogens with zero attached hydrogens (tertiary/aromatic N) is 4. The van der Waals surface area contributed by atoms with Crippen molar-refractivity contribution in [2.75, 3.05) is 19.0 Å². The standard InChI is InChI=1S/C27H25N5OS/c1-18-22(21-11-7-15-30-27(21)33-2)23-24(34-18)26(29-14-6-10-19-8-4-3-5-9-19)32-25(31-23)20-12-16-28-17-13-20/h3-5,7-9,11-13,15-17H,6,10,14H2,1-2H3,(H,29,31,32). The number of ether oxygens (including phenoxy) is 1. The van der Waals surface area contributed by atoms with Crippen LogP contribution in [0.3, 0.4) is 0 Å². The van der Waals surface area contributed by atoms with E-state index in [-0.39, 0.29) is 0 Å². The average molecular weight is 468 g/mol. The van der Waals surface area contributed by atoms with Crippen LogP contribution in [0.5, 0.6) is 5.88 Å². The molecule has 0 fully saturated rings. The van der Waals surface area contributed by atoms with Crippen LogP contribution in [-0.2, 0) is 6.42 Å². The van der Waals surface area contributed by atoms with Crippen LogP contribution in [0.1, 0.15) is 16.9 Å². The number of aromatic nitrogens is 4. The van der Waals surface area contributed by atoms with Crippen molar-refractivity contribution in [2.24, 2.45) is 0 Å². The number of methoxy groups -OCH3 is 1. The average Bonchev–Trinajstić information content (AvgIpc) is 3.23. The Bertz CT molecular complexity index is 1400. The predicted octanol–water partition coefficient (Wildman–Crippen LogP) is 6.18. The highest BCUT2D eigenvalue weighted by Gasteiger charge is 2.21. The van der Waals surface area contributed by atoms with Gasteiger partial charge in [-0.3, -0.25) is 4.98 Å². The Morgan fingerprint density at radius 3 is 2.56 bits per heavy atom. The van der Waals surface area contributed by atoms with Crippen molar-refractivity contribution in [3.63, 3.8) is 0 Å². The van der Waals surface area contributed by atoms with Crippen molar-refractivity contribution in [3.8, 4) is 28.4 Å². The lowest BCUT2D eigenvalue weighted by Crippen LogP contribution is -2.06. The summed E-state index contributed by atoms with van der Waals surface area (Å²) in [6.07, 6.45) is 7.29. The van der Waals surface area contributed by atoms with Crippen molar-refractivity contribution in [3.05, 3.63) is 83.6 Å². The van der Waals surface area contributed by atoms with Crippen molar-refractivity contribution >= 4 is 27.4 Å². The zero-order valence-corrected chi connectivity index (χ0v) is 20.0. The van der Waals surface area contributed by atoms with Crippen LogP contribution in [0, 0.1) is 6.92 Å². The molecule has 0 aliphatic rings. The third-order valence-corrected chi connectivity index (χ3v) is 6.76. The molecule has 0 saturated carbocycles. The lowest BCUT2D eigenvalue weighted by molar-refractivity contribution is 0.399. The summed E-state index contributed by atoms with van der Waals surface area (Å²) >= 11 is 1.69. The Labute approximate surface area is 202 Å². The molecule has 0 saturated heterocycles. The quantitative estimate of drug-likeness (QED) is 0.275. The molecule has 0 unspecified atom stereocenters. The lowest BCUT2D eigenvalue weighted by atomic mass is 10.1. The molecule has 7 heteroatoms. The molecule has 170 valence electrons. The van der Waals surface area contributed by atoms with Crippen LogP contribution in [0.15, 0.2) is 73.2 Å². The molecule has 0 aliphatic carbocycles. The number of rotatable bonds is 8. The van der Waals surface area contributed by atoms with Gasteiger partial charge in [-0.15, -0.1) is 11.3 Å². The van der Waals surface area contributed by atoms with E-state index in [0.29, 0.717) is 11.7 Å². The Hall–Kier alpha value is -3.84. The fourth-order valence-corrected chi connectivity index (χ4v) is 5.12. The summed E-state index contributed by atoms with van der Waals surface area (Å²) in [6, 6.07) is 18.4. The van der Waals surface area contributed by atoms with Crippen molar-refractivity contribution < 1.29 is 4.74 Å². The lowest BCUT2D eigenvalue weighted by Gasteiger charge is -2.11. The Morgan fingerprint density at radius 1 is 0.941 bits per heavy atom. The maximum absolute atomic E-state index is 5.57. The second kappa shape index (κ2) is 9.97. The summed E-state index contributed by atoms with van der Waals surface area (Å²) in [5, 5.41) is 3.59. The maximum atomic E-state index is 5.57. The van der Waals surface area contributed by atoms with E-state index in [9.17, 15) is 0 Å². The molecule has 0 aliphatic heterocycles. The van der Waals surface area contributed by atoms with Crippen LogP contribution >= 0.6 is 11.3 Å². The Kier molecular flexibility index (Phi) is 6.44. The number of benzene rings is 1. The number of anilines is 1. The maximum Gasteiger partial charge on any atom is 0.221 e. The normalized spacial score (nSPS) is 11.0. The van der Waals surface area contributed by atoms with E-state index in [4.69, 9.17) is 14.7 Å². The third-order valence-electron chi connectivity index (χ3n) is 5.66. The summed E-state index contributed by atoms with van der Waals surface area (Å²) in [6.45, 7) is 2.93. The molecule has 0 radical (unpaired) electrons. The molecule has 0 spiro atoms. The number of fused-ring (bicyclic) bond motifs is 1. The number of pyridine rings is 2. The van der Waals surface area contributed by atoms with E-state index in [1.54, 1.807) is 37.0 Å². The largest absolute Gasteiger partial charge is 0.481 e. The molecular weight excluding hydrogens is 442 g/mol. The number of hydrogen-bond acceptors (Lipinski definition) is 7. The molecule has 34 heavy (non-hydrogen) atoms. The van der Waals surface area contributed by atoms with E-state index in [0.717, 1.165) is 57.0 Å². The van der Waals surface area contributed by atoms with Gasteiger partial charge >= 0.3 is 0 Å². The molecule has 6 nitrogen and oxygen atoms in total. The molecule has 4 heterocycles. The highest BCUT2D eigenvalue weighted by Crippen LogP contribution is 2.43. The van der Waals surface area contributed by atoms with Gasteiger partial charge in [0.05, 0.1) is 17.3 Å². The molecule has 5 rings (SSSR count). The van der Waals surface area contributed by atoms with Crippen LogP contribution in [-0.4, -0.2) is 33.6 Å². The molecular formula is C27H25N5OS. The number of aryl methyl sites for hydroxylation is 2. The zero-order chi connectivity index (χ0) is 23.3. The molecule has 0 atom stereocenters. The van der Waals surface area contributed by atoms with Crippen LogP contribution in [0.4, 0.5) is 5.82 Å². The smallest absolute Gasteiger partial charge is 0.221 e. The van der Waals surface area contributed by atoms with Gasteiger partial charge in [-0.25, -0.2) is 15.0 Å². The van der Waals surface area contributed by atoms with E-state index < -0.39 is 0 Å². The monoisotopic (exact) mass is 467 g/mol. The first-order valence-corrected chi connectivity index (χ1v) is 12.0. The highest BCUT2D eigenvalue weighted by molar-refractivity contribution is 7.20. The fourth-order valence-electron chi connectivity index (χ4n) is 4.04. The number of hydrogen-bond donors (Lipinski definition) is 1. The van der Waals surface area contributed by atoms with E-state index in [2.05, 4.69) is 46.5 Å². The predicted molar refractivity (Wildman–Crippen MR) is 138 cm³/mol. The highest BCUT2D eigenvalue weighted by atomic mass is 32.1. The summed E-state index contributed by atoms with van der Waals surface area (Å²) < 4.78 is 6.60. The van der Waals surface area contributed by atoms with Gasteiger partial charge < -0.3 is 10.1 Å². The minimum Gasteiger partial charge on any atom is -0.481 e. The molecule has 1 aromatic carbocycles. The summed E-state index contributed by atoms with van der Waals surface area (Å²) in [5.41, 5.74) is 5.14. The zero-order valence-electron chi connectivity index (χ0n) is 19.2. The third kappa shape index (κ3) is 4.47. The van der Waals surface area contributed by atoms with Gasteiger partial charge in [0.1, 0.15) is 5.82 Å². The first-order valence-electron chi connectivity index (χ1n) is 11.2. The number of nitrogens with one attached hydrogen (secondary N) is 1. The van der Waals surface area contributed by atoms with E-state index >= 15 is 0 Å². The van der Waals surface area contributed by atoms with Crippen molar-refractivity contribution in [2.45, 2.75) is 19.8 Å². The molecule has 1 N–H and O–H groups in total. The fraction of sp³-hybridized carbons (Fsp3) is 0.185. The van der Waals surface area contributed by atoms with Gasteiger partial charge in [0, 0.05) is 46.7 Å². The van der Waals surface area contributed by atoms with Crippen molar-refractivity contribution in [1.29, 1.82) is 0 Å². The first-order chi connectivity index (χ1) is 16.7. The minimum absolute atomic E-state index is 0.590. The van der Waals surface area contributed by atoms with Gasteiger partial charge in [0.25, 0.3) is 0 Å². The van der Waals surface area contributed by atoms with Gasteiger partial charge in [0.2, 0.25) is 5.88 Å². The topological polar surface area (TPSA) is 72.8 Å². The van der Waals surface area contributed by atoms with Gasteiger partial charge in [-0.1, -0.05) is 30.3 Å². The summed E-state index contributed by atoms with van der Waals surface area (Å²) in [5.74, 6) is 2.11. The first kappa shape index (κ1) is 22.0. The molecule has 0 bridgehead atoms. The molecule has 0 amide bonds. The minimum atomic E-state index is 0.590. The second-order valence-electron chi connectivity index (χ2n) is 7.92. The van der Waals surface area contributed by atoms with Crippen LogP contribution < -0.4 is 10.1 Å². The summed E-state index contributed by atoms with van der Waals surface area (Å²) in [7, 11) is 1.65. The SMILES string of the molecule is COc1ncccc1-c1c(C)sc2c(NCCCc3ccccc3)nc(-c3ccncc3)nc12. The van der Waals surface area contributed by atoms with Gasteiger partial charge in [0.15, 0.2) is 5.82 Å². The van der Waals surface area contributed by atoms with Crippen molar-refractivity contribution in [1.82, 2.24) is 19.9 Å². The van der Waals surface area contributed by atoms with Crippen LogP contribution in [0.2, 0.25) is 0 Å². The van der Waals surface area contributed by atoms with E-state index in [1.165, 1.54) is 5.56 Å². The summed E-state index contributed by atoms with van der Waals surface area (Å²) in [4.78, 5) is 19.6. The Balaban J connectivity index is 1.55. The van der Waals surface area contributed by atoms with Crippen LogP contribution in [0.25, 0.3) is 32.7 Å².